The molecule has 5 N–H and O–H groups in total. The van der Waals surface area contributed by atoms with Crippen molar-refractivity contribution in [2.75, 3.05) is 5.75 Å². The first kappa shape index (κ1) is 21.5. The first-order valence-electron chi connectivity index (χ1n) is 8.95. The number of aliphatic hydroxyl groups excluding tert-OH is 3. The molecule has 0 aliphatic carbocycles. The Balaban J connectivity index is 2.28. The molecule has 0 radical (unpaired) electrons. The highest BCUT2D eigenvalue weighted by Crippen LogP contribution is 2.37. The lowest BCUT2D eigenvalue weighted by molar-refractivity contribution is -0.214. The van der Waals surface area contributed by atoms with Gasteiger partial charge in [0.1, 0.15) is 29.0 Å². The van der Waals surface area contributed by atoms with Crippen molar-refractivity contribution in [3.05, 3.63) is 12.2 Å². The molecule has 2 heterocycles. The molecule has 2 aliphatic heterocycles. The fourth-order valence-electron chi connectivity index (χ4n) is 3.51. The van der Waals surface area contributed by atoms with Crippen molar-refractivity contribution in [3.63, 3.8) is 0 Å². The molecular weight excluding hydrogens is 362 g/mol. The second-order valence-corrected chi connectivity index (χ2v) is 9.80. The van der Waals surface area contributed by atoms with Gasteiger partial charge in [0.15, 0.2) is 0 Å². The lowest BCUT2D eigenvalue weighted by Crippen LogP contribution is -2.59. The van der Waals surface area contributed by atoms with Crippen LogP contribution in [0.15, 0.2) is 12.2 Å². The molecule has 146 valence electrons. The van der Waals surface area contributed by atoms with E-state index >= 15 is 0 Å². The number of hydrogen-bond donors (Lipinski definition) is 4. The predicted molar refractivity (Wildman–Crippen MR) is 101 cm³/mol. The summed E-state index contributed by atoms with van der Waals surface area (Å²) in [5.74, 6) is 0.741. The quantitative estimate of drug-likeness (QED) is 0.416. The second kappa shape index (κ2) is 9.94. The van der Waals surface area contributed by atoms with E-state index in [4.69, 9.17) is 9.88 Å². The number of ether oxygens (including phenoxy) is 1. The molecule has 6 nitrogen and oxygen atoms in total. The van der Waals surface area contributed by atoms with Crippen LogP contribution in [0.1, 0.15) is 39.5 Å². The van der Waals surface area contributed by atoms with Gasteiger partial charge in [0.05, 0.1) is 6.10 Å². The van der Waals surface area contributed by atoms with Crippen LogP contribution in [0.5, 0.6) is 0 Å². The smallest absolute Gasteiger partial charge is 0.132 e. The van der Waals surface area contributed by atoms with Gasteiger partial charge in [-0.2, -0.15) is 5.14 Å². The first-order chi connectivity index (χ1) is 11.8. The van der Waals surface area contributed by atoms with Crippen molar-refractivity contribution >= 4 is 23.1 Å². The first-order valence-corrected chi connectivity index (χ1v) is 11.3. The topological polar surface area (TPSA) is 119 Å². The summed E-state index contributed by atoms with van der Waals surface area (Å²) in [5.41, 5.74) is -0.569. The molecule has 25 heavy (non-hydrogen) atoms. The number of aliphatic hydroxyl groups is 3. The van der Waals surface area contributed by atoms with Gasteiger partial charge in [-0.25, -0.2) is 0 Å². The van der Waals surface area contributed by atoms with E-state index in [2.05, 4.69) is 12.2 Å². The lowest BCUT2D eigenvalue weighted by Gasteiger charge is -2.45. The molecule has 0 aromatic carbocycles. The summed E-state index contributed by atoms with van der Waals surface area (Å²) in [4.78, 5) is 0. The Morgan fingerprint density at radius 3 is 2.68 bits per heavy atom. The van der Waals surface area contributed by atoms with Gasteiger partial charge in [0, 0.05) is 17.8 Å². The fourth-order valence-corrected chi connectivity index (χ4v) is 5.09. The van der Waals surface area contributed by atoms with Crippen molar-refractivity contribution in [2.24, 2.45) is 17.0 Å². The molecule has 8 heteroatoms. The molecule has 0 amide bonds. The maximum Gasteiger partial charge on any atom is 0.132 e. The molecule has 0 saturated carbocycles. The average Bonchev–Trinajstić information content (AvgIpc) is 2.57. The molecule has 2 unspecified atom stereocenters. The van der Waals surface area contributed by atoms with Crippen LogP contribution >= 0.6 is 11.8 Å². The highest BCUT2D eigenvalue weighted by molar-refractivity contribution is 7.99. The summed E-state index contributed by atoms with van der Waals surface area (Å²) in [6.07, 6.45) is 3.61. The highest BCUT2D eigenvalue weighted by atomic mass is 32.2. The lowest BCUT2D eigenvalue weighted by atomic mass is 9.79. The van der Waals surface area contributed by atoms with E-state index < -0.39 is 41.2 Å². The van der Waals surface area contributed by atoms with Crippen molar-refractivity contribution in [1.82, 2.24) is 0 Å². The molecule has 0 aromatic rings. The van der Waals surface area contributed by atoms with Crippen molar-refractivity contribution in [2.45, 2.75) is 74.6 Å². The second-order valence-electron chi connectivity index (χ2n) is 7.13. The minimum absolute atomic E-state index is 0.0677. The zero-order chi connectivity index (χ0) is 18.6. The van der Waals surface area contributed by atoms with Crippen LogP contribution < -0.4 is 5.14 Å². The molecule has 1 fully saturated rings. The van der Waals surface area contributed by atoms with Gasteiger partial charge in [-0.1, -0.05) is 19.1 Å². The molecule has 9 atom stereocenters. The van der Waals surface area contributed by atoms with Crippen LogP contribution in [0.3, 0.4) is 0 Å². The Labute approximate surface area is 157 Å². The van der Waals surface area contributed by atoms with Gasteiger partial charge in [-0.3, -0.25) is 0 Å². The summed E-state index contributed by atoms with van der Waals surface area (Å²) in [7, 11) is 0. The third-order valence-corrected chi connectivity index (χ3v) is 7.42. The van der Waals surface area contributed by atoms with Crippen molar-refractivity contribution in [3.8, 4) is 0 Å². The molecular formula is C17H31NO5S2. The van der Waals surface area contributed by atoms with Crippen LogP contribution in [0, 0.1) is 11.8 Å². The summed E-state index contributed by atoms with van der Waals surface area (Å²) in [6, 6.07) is 0. The summed E-state index contributed by atoms with van der Waals surface area (Å²) in [5, 5.41) is 36.4. The zero-order valence-electron chi connectivity index (χ0n) is 14.9. The minimum atomic E-state index is -1.46. The molecule has 2 rings (SSSR count). The van der Waals surface area contributed by atoms with Crippen LogP contribution in [0.25, 0.3) is 0 Å². The van der Waals surface area contributed by atoms with Gasteiger partial charge in [-0.15, -0.1) is 11.8 Å². The third-order valence-electron chi connectivity index (χ3n) is 5.19. The molecule has 2 bridgehead atoms. The average molecular weight is 394 g/mol. The normalized spacial score (nSPS) is 44.2. The summed E-state index contributed by atoms with van der Waals surface area (Å²) in [6.45, 7) is 3.85. The van der Waals surface area contributed by atoms with E-state index in [9.17, 15) is 19.9 Å². The maximum atomic E-state index is 11.6. The van der Waals surface area contributed by atoms with E-state index in [0.29, 0.717) is 6.42 Å². The summed E-state index contributed by atoms with van der Waals surface area (Å²) >= 11 is 0.0173. The number of allylic oxidation sites excluding steroid dienone is 2. The van der Waals surface area contributed by atoms with Gasteiger partial charge in [0.25, 0.3) is 0 Å². The Morgan fingerprint density at radius 2 is 2.00 bits per heavy atom. The SMILES string of the molecule is CC(C[C@H]1[C@H]2O[C@H](SCCCC/C=C\[C@H]1C)[C@H](O)[C@@H](O)[C@H]2O)[S+](N)[O-]. The Bertz CT molecular complexity index is 439. The number of rotatable bonds is 3. The Morgan fingerprint density at radius 1 is 1.28 bits per heavy atom. The Hall–Kier alpha value is 0.200. The highest BCUT2D eigenvalue weighted by Gasteiger charge is 2.48. The monoisotopic (exact) mass is 393 g/mol. The maximum absolute atomic E-state index is 11.6. The van der Waals surface area contributed by atoms with Crippen molar-refractivity contribution in [1.29, 1.82) is 0 Å². The number of hydrogen-bond acceptors (Lipinski definition) is 7. The van der Waals surface area contributed by atoms with E-state index in [-0.39, 0.29) is 17.1 Å². The van der Waals surface area contributed by atoms with E-state index in [0.717, 1.165) is 25.0 Å². The fraction of sp³-hybridized carbons (Fsp3) is 0.882. The zero-order valence-corrected chi connectivity index (χ0v) is 16.5. The van der Waals surface area contributed by atoms with Gasteiger partial charge in [-0.05, 0) is 43.8 Å². The van der Waals surface area contributed by atoms with Crippen LogP contribution in [-0.4, -0.2) is 60.7 Å². The van der Waals surface area contributed by atoms with Gasteiger partial charge in [0.2, 0.25) is 0 Å². The van der Waals surface area contributed by atoms with Crippen LogP contribution in [0.2, 0.25) is 0 Å². The van der Waals surface area contributed by atoms with E-state index in [1.54, 1.807) is 0 Å². The van der Waals surface area contributed by atoms with Gasteiger partial charge >= 0.3 is 0 Å². The standard InChI is InChI=1S/C17H31NO5S2/c1-10-7-5-3-4-6-8-24-17-15(21)13(19)14(20)16(23-17)12(10)9-11(2)25(18)22/h5,7,10-17,19-21H,3-4,6,8-9,18H2,1-2H3/b7-5-/t10-,11?,12-,13+,14-,15-,16-,17-,25?/m1/s1. The molecule has 0 spiro atoms. The third kappa shape index (κ3) is 5.59. The van der Waals surface area contributed by atoms with E-state index in [1.807, 2.05) is 13.8 Å². The van der Waals surface area contributed by atoms with E-state index in [1.165, 1.54) is 11.8 Å². The van der Waals surface area contributed by atoms with Crippen LogP contribution in [-0.2, 0) is 16.1 Å². The number of nitrogens with two attached hydrogens (primary N) is 1. The molecule has 0 aromatic heterocycles. The number of thioether (sulfide) groups is 1. The summed E-state index contributed by atoms with van der Waals surface area (Å²) < 4.78 is 17.7. The molecule has 2 aliphatic rings. The Kier molecular flexibility index (Phi) is 8.55. The predicted octanol–water partition coefficient (Wildman–Crippen LogP) is 0.921. The van der Waals surface area contributed by atoms with Gasteiger partial charge < -0.3 is 24.6 Å². The van der Waals surface area contributed by atoms with Crippen LogP contribution in [0.4, 0.5) is 0 Å². The molecule has 1 saturated heterocycles. The van der Waals surface area contributed by atoms with Crippen molar-refractivity contribution < 1.29 is 24.6 Å². The number of fused-ring (bicyclic) bond motifs is 2. The minimum Gasteiger partial charge on any atom is -0.598 e. The largest absolute Gasteiger partial charge is 0.598 e.